The van der Waals surface area contributed by atoms with Crippen LogP contribution in [0, 0.1) is 5.41 Å². The van der Waals surface area contributed by atoms with Crippen LogP contribution < -0.4 is 5.73 Å². The average Bonchev–Trinajstić information content (AvgIpc) is 2.72. The minimum atomic E-state index is -0.443. The fourth-order valence-corrected chi connectivity index (χ4v) is 2.60. The van der Waals surface area contributed by atoms with Crippen LogP contribution >= 0.6 is 0 Å². The first-order valence-corrected chi connectivity index (χ1v) is 6.50. The summed E-state index contributed by atoms with van der Waals surface area (Å²) in [6, 6.07) is 0. The zero-order chi connectivity index (χ0) is 12.7. The molecule has 1 fully saturated rings. The van der Waals surface area contributed by atoms with E-state index in [1.165, 1.54) is 6.42 Å². The summed E-state index contributed by atoms with van der Waals surface area (Å²) in [7, 11) is 0. The highest BCUT2D eigenvalue weighted by Gasteiger charge is 2.48. The number of nitrogens with two attached hydrogens (primary N) is 1. The highest BCUT2D eigenvalue weighted by molar-refractivity contribution is 5.12. The van der Waals surface area contributed by atoms with Crippen molar-refractivity contribution < 1.29 is 4.52 Å². The number of hydrogen-bond acceptors (Lipinski definition) is 4. The Morgan fingerprint density at radius 1 is 1.24 bits per heavy atom. The van der Waals surface area contributed by atoms with Crippen LogP contribution in [0.3, 0.4) is 0 Å². The van der Waals surface area contributed by atoms with Crippen LogP contribution in [0.2, 0.25) is 0 Å². The Morgan fingerprint density at radius 3 is 2.41 bits per heavy atom. The highest BCUT2D eigenvalue weighted by atomic mass is 16.5. The van der Waals surface area contributed by atoms with Gasteiger partial charge in [0.1, 0.15) is 0 Å². The maximum Gasteiger partial charge on any atom is 0.229 e. The van der Waals surface area contributed by atoms with Gasteiger partial charge in [-0.15, -0.1) is 0 Å². The molecule has 17 heavy (non-hydrogen) atoms. The normalized spacial score (nSPS) is 28.6. The maximum absolute atomic E-state index is 6.59. The Hall–Kier alpha value is -0.900. The minimum Gasteiger partial charge on any atom is -0.339 e. The predicted molar refractivity (Wildman–Crippen MR) is 66.5 cm³/mol. The van der Waals surface area contributed by atoms with Gasteiger partial charge >= 0.3 is 0 Å². The first-order chi connectivity index (χ1) is 7.87. The van der Waals surface area contributed by atoms with Crippen LogP contribution in [0.4, 0.5) is 0 Å². The monoisotopic (exact) mass is 237 g/mol. The molecule has 1 heterocycles. The molecule has 1 aliphatic rings. The van der Waals surface area contributed by atoms with Crippen molar-refractivity contribution in [1.29, 1.82) is 0 Å². The molecule has 1 unspecified atom stereocenters. The lowest BCUT2D eigenvalue weighted by Gasteiger charge is -2.45. The predicted octanol–water partition coefficient (Wildman–Crippen LogP) is 2.95. The molecule has 4 nitrogen and oxygen atoms in total. The topological polar surface area (TPSA) is 64.9 Å². The zero-order valence-electron chi connectivity index (χ0n) is 11.3. The van der Waals surface area contributed by atoms with Crippen LogP contribution in [0.1, 0.15) is 71.0 Å². The van der Waals surface area contributed by atoms with Gasteiger partial charge in [-0.25, -0.2) is 0 Å². The molecule has 0 spiro atoms. The molecular weight excluding hydrogens is 214 g/mol. The molecule has 2 N–H and O–H groups in total. The lowest BCUT2D eigenvalue weighted by atomic mass is 9.63. The first-order valence-electron chi connectivity index (χ1n) is 6.50. The van der Waals surface area contributed by atoms with E-state index in [4.69, 9.17) is 10.3 Å². The van der Waals surface area contributed by atoms with E-state index in [1.807, 2.05) is 13.8 Å². The highest BCUT2D eigenvalue weighted by Crippen LogP contribution is 2.47. The number of rotatable bonds is 2. The van der Waals surface area contributed by atoms with E-state index in [1.54, 1.807) is 0 Å². The Labute approximate surface area is 103 Å². The third-order valence-electron chi connectivity index (χ3n) is 4.17. The number of aromatic nitrogens is 2. The summed E-state index contributed by atoms with van der Waals surface area (Å²) in [6.07, 6.45) is 4.44. The van der Waals surface area contributed by atoms with Crippen LogP contribution in [0.15, 0.2) is 4.52 Å². The van der Waals surface area contributed by atoms with Crippen molar-refractivity contribution in [3.8, 4) is 0 Å². The Bertz CT molecular complexity index is 397. The molecule has 1 aromatic rings. The largest absolute Gasteiger partial charge is 0.339 e. The second-order valence-corrected chi connectivity index (χ2v) is 6.17. The summed E-state index contributed by atoms with van der Waals surface area (Å²) in [6.45, 7) is 8.51. The molecule has 0 aromatic carbocycles. The van der Waals surface area contributed by atoms with Gasteiger partial charge in [-0.1, -0.05) is 45.7 Å². The molecule has 0 bridgehead atoms. The second kappa shape index (κ2) is 4.09. The Balaban J connectivity index is 2.35. The molecule has 0 amide bonds. The molecule has 0 radical (unpaired) electrons. The summed E-state index contributed by atoms with van der Waals surface area (Å²) in [5.41, 5.74) is 6.18. The Kier molecular flexibility index (Phi) is 3.02. The van der Waals surface area contributed by atoms with Crippen molar-refractivity contribution >= 4 is 0 Å². The number of nitrogens with zero attached hydrogens (tertiary/aromatic N) is 2. The fraction of sp³-hybridized carbons (Fsp3) is 0.846. The van der Waals surface area contributed by atoms with E-state index < -0.39 is 5.54 Å². The fourth-order valence-electron chi connectivity index (χ4n) is 2.60. The van der Waals surface area contributed by atoms with Gasteiger partial charge in [-0.2, -0.15) is 4.98 Å². The summed E-state index contributed by atoms with van der Waals surface area (Å²) in [5.74, 6) is 1.63. The molecule has 4 heteroatoms. The van der Waals surface area contributed by atoms with Crippen LogP contribution in [-0.4, -0.2) is 10.1 Å². The van der Waals surface area contributed by atoms with Crippen LogP contribution in [-0.2, 0) is 5.54 Å². The average molecular weight is 237 g/mol. The lowest BCUT2D eigenvalue weighted by Crippen LogP contribution is -2.52. The van der Waals surface area contributed by atoms with E-state index in [0.717, 1.165) is 19.3 Å². The van der Waals surface area contributed by atoms with E-state index in [9.17, 15) is 0 Å². The summed E-state index contributed by atoms with van der Waals surface area (Å²) in [5, 5.41) is 4.12. The van der Waals surface area contributed by atoms with Gasteiger partial charge in [0.05, 0.1) is 5.54 Å². The molecule has 1 saturated carbocycles. The van der Waals surface area contributed by atoms with Gasteiger partial charge in [0.2, 0.25) is 5.89 Å². The number of hydrogen-bond donors (Lipinski definition) is 1. The van der Waals surface area contributed by atoms with Crippen molar-refractivity contribution in [1.82, 2.24) is 10.1 Å². The van der Waals surface area contributed by atoms with Crippen molar-refractivity contribution in [2.45, 2.75) is 64.8 Å². The smallest absolute Gasteiger partial charge is 0.229 e. The molecule has 1 aromatic heterocycles. The van der Waals surface area contributed by atoms with Crippen molar-refractivity contribution in [2.24, 2.45) is 11.1 Å². The molecule has 0 saturated heterocycles. The quantitative estimate of drug-likeness (QED) is 0.858. The maximum atomic E-state index is 6.59. The summed E-state index contributed by atoms with van der Waals surface area (Å²) < 4.78 is 5.30. The Morgan fingerprint density at radius 2 is 1.88 bits per heavy atom. The zero-order valence-corrected chi connectivity index (χ0v) is 11.3. The van der Waals surface area contributed by atoms with E-state index >= 15 is 0 Å². The minimum absolute atomic E-state index is 0.0311. The lowest BCUT2D eigenvalue weighted by molar-refractivity contribution is 0.0872. The van der Waals surface area contributed by atoms with Crippen molar-refractivity contribution in [2.75, 3.05) is 0 Å². The summed E-state index contributed by atoms with van der Waals surface area (Å²) in [4.78, 5) is 4.50. The van der Waals surface area contributed by atoms with Crippen LogP contribution in [0.25, 0.3) is 0 Å². The van der Waals surface area contributed by atoms with Crippen molar-refractivity contribution in [3.63, 3.8) is 0 Å². The molecule has 1 aliphatic carbocycles. The van der Waals surface area contributed by atoms with E-state index in [-0.39, 0.29) is 11.3 Å². The molecule has 1 atom stereocenters. The van der Waals surface area contributed by atoms with Gasteiger partial charge in [0.25, 0.3) is 0 Å². The molecule has 96 valence electrons. The standard InChI is InChI=1S/C13H23N3O/c1-9(2)10-15-11(16-17-10)13(14)8-6-5-7-12(13,3)4/h9H,5-8,14H2,1-4H3. The van der Waals surface area contributed by atoms with Gasteiger partial charge in [-0.05, 0) is 18.3 Å². The molecular formula is C13H23N3O. The van der Waals surface area contributed by atoms with Gasteiger partial charge in [0.15, 0.2) is 5.82 Å². The van der Waals surface area contributed by atoms with Gasteiger partial charge < -0.3 is 10.3 Å². The second-order valence-electron chi connectivity index (χ2n) is 6.17. The van der Waals surface area contributed by atoms with E-state index in [0.29, 0.717) is 11.7 Å². The summed E-state index contributed by atoms with van der Waals surface area (Å²) >= 11 is 0. The van der Waals surface area contributed by atoms with E-state index in [2.05, 4.69) is 24.0 Å². The third kappa shape index (κ3) is 1.99. The molecule has 2 rings (SSSR count). The van der Waals surface area contributed by atoms with Crippen molar-refractivity contribution in [3.05, 3.63) is 11.7 Å². The van der Waals surface area contributed by atoms with Gasteiger partial charge in [-0.3, -0.25) is 0 Å². The molecule has 0 aliphatic heterocycles. The van der Waals surface area contributed by atoms with Crippen LogP contribution in [0.5, 0.6) is 0 Å². The van der Waals surface area contributed by atoms with Gasteiger partial charge in [0, 0.05) is 5.92 Å². The SMILES string of the molecule is CC(C)c1nc(C2(N)CCCCC2(C)C)no1. The first kappa shape index (κ1) is 12.6. The third-order valence-corrected chi connectivity index (χ3v) is 4.17.